The van der Waals surface area contributed by atoms with Gasteiger partial charge < -0.3 is 14.5 Å². The van der Waals surface area contributed by atoms with E-state index in [1.807, 2.05) is 4.90 Å². The average molecular weight is 491 g/mol. The topological polar surface area (TPSA) is 49.9 Å². The summed E-state index contributed by atoms with van der Waals surface area (Å²) in [5, 5.41) is 0.587. The first-order valence-corrected chi connectivity index (χ1v) is 12.1. The Kier molecular flexibility index (Phi) is 7.71. The van der Waals surface area contributed by atoms with Gasteiger partial charge in [-0.1, -0.05) is 17.7 Å². The van der Waals surface area contributed by atoms with Crippen LogP contribution in [0.5, 0.6) is 5.75 Å². The number of nitrogens with zero attached hydrogens (tertiary/aromatic N) is 2. The normalized spacial score (nSPS) is 20.8. The summed E-state index contributed by atoms with van der Waals surface area (Å²) in [6.07, 6.45) is 4.58. The van der Waals surface area contributed by atoms with Crippen LogP contribution in [0.2, 0.25) is 5.02 Å². The molecule has 0 saturated carbocycles. The maximum atomic E-state index is 14.3. The molecule has 1 atom stereocenters. The Labute approximate surface area is 203 Å². The summed E-state index contributed by atoms with van der Waals surface area (Å²) < 4.78 is 34.7. The summed E-state index contributed by atoms with van der Waals surface area (Å²) in [5.74, 6) is -1.83. The molecule has 2 fully saturated rings. The average Bonchev–Trinajstić information content (AvgIpc) is 2.84. The predicted octanol–water partition coefficient (Wildman–Crippen LogP) is 5.32. The van der Waals surface area contributed by atoms with E-state index in [-0.39, 0.29) is 25.5 Å². The lowest BCUT2D eigenvalue weighted by Gasteiger charge is -2.43. The highest BCUT2D eigenvalue weighted by Crippen LogP contribution is 2.36. The summed E-state index contributed by atoms with van der Waals surface area (Å²) in [5.41, 5.74) is -1.22. The van der Waals surface area contributed by atoms with Gasteiger partial charge in [0.1, 0.15) is 22.9 Å². The van der Waals surface area contributed by atoms with Gasteiger partial charge in [-0.3, -0.25) is 9.59 Å². The molecule has 0 spiro atoms. The monoisotopic (exact) mass is 490 g/mol. The van der Waals surface area contributed by atoms with Crippen molar-refractivity contribution in [2.75, 3.05) is 32.8 Å². The van der Waals surface area contributed by atoms with E-state index in [0.717, 1.165) is 44.5 Å². The van der Waals surface area contributed by atoms with Gasteiger partial charge in [-0.2, -0.15) is 0 Å². The molecule has 182 valence electrons. The van der Waals surface area contributed by atoms with E-state index in [1.54, 1.807) is 24.3 Å². The highest BCUT2D eigenvalue weighted by Gasteiger charge is 2.42. The molecule has 0 unspecified atom stereocenters. The van der Waals surface area contributed by atoms with Gasteiger partial charge in [-0.25, -0.2) is 8.78 Å². The zero-order chi connectivity index (χ0) is 24.1. The first kappa shape index (κ1) is 24.5. The third-order valence-corrected chi connectivity index (χ3v) is 6.97. The highest BCUT2D eigenvalue weighted by molar-refractivity contribution is 6.30. The number of carbonyl (C=O) groups excluding carboxylic acids is 2. The Morgan fingerprint density at radius 3 is 2.24 bits per heavy atom. The summed E-state index contributed by atoms with van der Waals surface area (Å²) in [6, 6.07) is 10.3. The van der Waals surface area contributed by atoms with Crippen molar-refractivity contribution in [2.24, 2.45) is 5.41 Å². The number of likely N-dealkylation sites (tertiary alicyclic amines) is 2. The molecule has 2 heterocycles. The van der Waals surface area contributed by atoms with E-state index in [2.05, 4.69) is 0 Å². The van der Waals surface area contributed by atoms with Crippen LogP contribution in [0.3, 0.4) is 0 Å². The van der Waals surface area contributed by atoms with Crippen molar-refractivity contribution in [2.45, 2.75) is 38.5 Å². The van der Waals surface area contributed by atoms with Crippen molar-refractivity contribution in [3.05, 3.63) is 64.7 Å². The van der Waals surface area contributed by atoms with Crippen LogP contribution in [0.1, 0.15) is 48.9 Å². The standard InChI is InChI=1S/C26H29ClF2N2O3/c27-19-8-10-20(11-9-19)34-18-26(16-23(32)30-13-2-1-3-14-30)12-5-15-31(17-26)25(33)24-21(28)6-4-7-22(24)29/h4,6-11H,1-3,5,12-18H2/t26-/m1/s1. The van der Waals surface area contributed by atoms with Crippen LogP contribution >= 0.6 is 11.6 Å². The van der Waals surface area contributed by atoms with Crippen molar-refractivity contribution in [3.63, 3.8) is 0 Å². The molecule has 0 aromatic heterocycles. The second-order valence-corrected chi connectivity index (χ2v) is 9.72. The number of benzene rings is 2. The van der Waals surface area contributed by atoms with Gasteiger partial charge in [0.25, 0.3) is 5.91 Å². The number of amides is 2. The van der Waals surface area contributed by atoms with Crippen molar-refractivity contribution in [1.82, 2.24) is 9.80 Å². The number of hydrogen-bond donors (Lipinski definition) is 0. The van der Waals surface area contributed by atoms with Crippen molar-refractivity contribution >= 4 is 23.4 Å². The van der Waals surface area contributed by atoms with E-state index < -0.39 is 28.5 Å². The van der Waals surface area contributed by atoms with E-state index in [1.165, 1.54) is 11.0 Å². The summed E-state index contributed by atoms with van der Waals surface area (Å²) in [7, 11) is 0. The fraction of sp³-hybridized carbons (Fsp3) is 0.462. The number of ether oxygens (including phenoxy) is 1. The van der Waals surface area contributed by atoms with Crippen molar-refractivity contribution in [1.29, 1.82) is 0 Å². The van der Waals surface area contributed by atoms with Crippen molar-refractivity contribution in [3.8, 4) is 5.75 Å². The van der Waals surface area contributed by atoms with Crippen LogP contribution in [-0.2, 0) is 4.79 Å². The zero-order valence-electron chi connectivity index (χ0n) is 19.1. The molecule has 4 rings (SSSR count). The fourth-order valence-electron chi connectivity index (χ4n) is 4.90. The third kappa shape index (κ3) is 5.69. The van der Waals surface area contributed by atoms with Gasteiger partial charge in [0.05, 0.1) is 6.61 Å². The Balaban J connectivity index is 1.56. The lowest BCUT2D eigenvalue weighted by Crippen LogP contribution is -2.51. The number of piperidine rings is 2. The van der Waals surface area contributed by atoms with E-state index in [0.29, 0.717) is 30.2 Å². The van der Waals surface area contributed by atoms with Gasteiger partial charge in [-0.15, -0.1) is 0 Å². The first-order valence-electron chi connectivity index (χ1n) is 11.8. The van der Waals surface area contributed by atoms with E-state index >= 15 is 0 Å². The second-order valence-electron chi connectivity index (χ2n) is 9.29. The quantitative estimate of drug-likeness (QED) is 0.550. The molecule has 0 aliphatic carbocycles. The maximum absolute atomic E-state index is 14.3. The largest absolute Gasteiger partial charge is 0.493 e. The van der Waals surface area contributed by atoms with Gasteiger partial charge in [-0.05, 0) is 68.5 Å². The van der Waals surface area contributed by atoms with Crippen LogP contribution in [0, 0.1) is 17.0 Å². The first-order chi connectivity index (χ1) is 16.4. The summed E-state index contributed by atoms with van der Waals surface area (Å²) in [6.45, 7) is 2.23. The smallest absolute Gasteiger partial charge is 0.259 e. The summed E-state index contributed by atoms with van der Waals surface area (Å²) in [4.78, 5) is 29.7. The highest BCUT2D eigenvalue weighted by atomic mass is 35.5. The van der Waals surface area contributed by atoms with Crippen LogP contribution in [0.15, 0.2) is 42.5 Å². The minimum atomic E-state index is -0.886. The lowest BCUT2D eigenvalue weighted by atomic mass is 9.77. The molecule has 34 heavy (non-hydrogen) atoms. The molecular formula is C26H29ClF2N2O3. The molecule has 2 amide bonds. The van der Waals surface area contributed by atoms with Crippen LogP contribution < -0.4 is 4.74 Å². The molecule has 8 heteroatoms. The molecule has 2 aliphatic rings. The van der Waals surface area contributed by atoms with Crippen LogP contribution in [-0.4, -0.2) is 54.4 Å². The molecule has 2 saturated heterocycles. The molecular weight excluding hydrogens is 462 g/mol. The zero-order valence-corrected chi connectivity index (χ0v) is 19.8. The van der Waals surface area contributed by atoms with Crippen LogP contribution in [0.4, 0.5) is 8.78 Å². The number of carbonyl (C=O) groups is 2. The molecule has 5 nitrogen and oxygen atoms in total. The van der Waals surface area contributed by atoms with Gasteiger partial charge in [0, 0.05) is 43.0 Å². The third-order valence-electron chi connectivity index (χ3n) is 6.72. The molecule has 0 radical (unpaired) electrons. The van der Waals surface area contributed by atoms with E-state index in [4.69, 9.17) is 16.3 Å². The molecule has 2 aromatic carbocycles. The molecule has 2 aliphatic heterocycles. The Bertz CT molecular complexity index is 1010. The summed E-state index contributed by atoms with van der Waals surface area (Å²) >= 11 is 5.97. The Morgan fingerprint density at radius 1 is 0.912 bits per heavy atom. The van der Waals surface area contributed by atoms with Gasteiger partial charge in [0.2, 0.25) is 5.91 Å². The Morgan fingerprint density at radius 2 is 1.56 bits per heavy atom. The number of hydrogen-bond acceptors (Lipinski definition) is 3. The molecule has 2 aromatic rings. The van der Waals surface area contributed by atoms with E-state index in [9.17, 15) is 18.4 Å². The van der Waals surface area contributed by atoms with Crippen LogP contribution in [0.25, 0.3) is 0 Å². The molecule has 0 N–H and O–H groups in total. The number of halogens is 3. The maximum Gasteiger partial charge on any atom is 0.259 e. The Hall–Kier alpha value is -2.67. The minimum absolute atomic E-state index is 0.0331. The minimum Gasteiger partial charge on any atom is -0.493 e. The molecule has 0 bridgehead atoms. The lowest BCUT2D eigenvalue weighted by molar-refractivity contribution is -0.136. The van der Waals surface area contributed by atoms with Gasteiger partial charge in [0.15, 0.2) is 0 Å². The predicted molar refractivity (Wildman–Crippen MR) is 126 cm³/mol. The fourth-order valence-corrected chi connectivity index (χ4v) is 5.02. The second kappa shape index (κ2) is 10.7. The van der Waals surface area contributed by atoms with Crippen molar-refractivity contribution < 1.29 is 23.1 Å². The SMILES string of the molecule is O=C(C[C@]1(COc2ccc(Cl)cc2)CCCN(C(=O)c2c(F)cccc2F)C1)N1CCCCC1. The number of rotatable bonds is 6. The van der Waals surface area contributed by atoms with Gasteiger partial charge >= 0.3 is 0 Å².